The van der Waals surface area contributed by atoms with Crippen molar-refractivity contribution < 1.29 is 4.74 Å². The Bertz CT molecular complexity index is 485. The molecule has 0 bridgehead atoms. The van der Waals surface area contributed by atoms with Gasteiger partial charge in [0, 0.05) is 18.9 Å². The van der Waals surface area contributed by atoms with Gasteiger partial charge in [-0.15, -0.1) is 0 Å². The molecule has 2 aromatic rings. The number of benzene rings is 1. The third-order valence-corrected chi connectivity index (χ3v) is 2.88. The molecule has 1 heterocycles. The predicted molar refractivity (Wildman–Crippen MR) is 77.3 cm³/mol. The number of aromatic nitrogens is 1. The molecule has 0 amide bonds. The van der Waals surface area contributed by atoms with E-state index in [1.165, 1.54) is 11.1 Å². The standard InChI is InChI=1S/C16H20N2O/c1-2-19-16-5-3-4-15(12-16)13-18-11-8-14-6-9-17-10-7-14/h3-7,9-10,12,18H,2,8,11,13H2,1H3. The third-order valence-electron chi connectivity index (χ3n) is 2.88. The average Bonchev–Trinajstić information content (AvgIpc) is 2.46. The second kappa shape index (κ2) is 7.54. The molecule has 0 unspecified atom stereocenters. The highest BCUT2D eigenvalue weighted by atomic mass is 16.5. The first-order chi connectivity index (χ1) is 9.38. The molecule has 3 heteroatoms. The lowest BCUT2D eigenvalue weighted by Crippen LogP contribution is -2.16. The zero-order chi connectivity index (χ0) is 13.3. The number of rotatable bonds is 7. The van der Waals surface area contributed by atoms with E-state index in [0.717, 1.165) is 25.3 Å². The van der Waals surface area contributed by atoms with Gasteiger partial charge in [-0.2, -0.15) is 0 Å². The molecule has 0 saturated carbocycles. The molecule has 0 radical (unpaired) electrons. The summed E-state index contributed by atoms with van der Waals surface area (Å²) in [4.78, 5) is 4.01. The van der Waals surface area contributed by atoms with Crippen molar-refractivity contribution in [1.82, 2.24) is 10.3 Å². The highest BCUT2D eigenvalue weighted by Gasteiger charge is 1.97. The van der Waals surface area contributed by atoms with Gasteiger partial charge in [-0.3, -0.25) is 4.98 Å². The zero-order valence-corrected chi connectivity index (χ0v) is 11.3. The average molecular weight is 256 g/mol. The van der Waals surface area contributed by atoms with Crippen molar-refractivity contribution in [3.63, 3.8) is 0 Å². The Labute approximate surface area is 114 Å². The van der Waals surface area contributed by atoms with E-state index in [-0.39, 0.29) is 0 Å². The van der Waals surface area contributed by atoms with Crippen molar-refractivity contribution in [1.29, 1.82) is 0 Å². The first-order valence-corrected chi connectivity index (χ1v) is 6.70. The number of hydrogen-bond acceptors (Lipinski definition) is 3. The van der Waals surface area contributed by atoms with E-state index >= 15 is 0 Å². The molecule has 19 heavy (non-hydrogen) atoms. The van der Waals surface area contributed by atoms with Crippen LogP contribution in [0.25, 0.3) is 0 Å². The lowest BCUT2D eigenvalue weighted by atomic mass is 10.2. The fourth-order valence-corrected chi connectivity index (χ4v) is 1.93. The fourth-order valence-electron chi connectivity index (χ4n) is 1.93. The number of nitrogens with zero attached hydrogens (tertiary/aromatic N) is 1. The maximum Gasteiger partial charge on any atom is 0.119 e. The quantitative estimate of drug-likeness (QED) is 0.773. The van der Waals surface area contributed by atoms with Crippen LogP contribution in [0.5, 0.6) is 5.75 Å². The number of hydrogen-bond donors (Lipinski definition) is 1. The minimum Gasteiger partial charge on any atom is -0.494 e. The van der Waals surface area contributed by atoms with Crippen LogP contribution in [0.3, 0.4) is 0 Å². The van der Waals surface area contributed by atoms with E-state index in [2.05, 4.69) is 34.6 Å². The summed E-state index contributed by atoms with van der Waals surface area (Å²) in [7, 11) is 0. The summed E-state index contributed by atoms with van der Waals surface area (Å²) in [6, 6.07) is 12.3. The Morgan fingerprint density at radius 1 is 1.11 bits per heavy atom. The summed E-state index contributed by atoms with van der Waals surface area (Å²) >= 11 is 0. The largest absolute Gasteiger partial charge is 0.494 e. The summed E-state index contributed by atoms with van der Waals surface area (Å²) in [6.45, 7) is 4.54. The van der Waals surface area contributed by atoms with Gasteiger partial charge in [0.05, 0.1) is 6.61 Å². The second-order valence-corrected chi connectivity index (χ2v) is 4.36. The van der Waals surface area contributed by atoms with Crippen molar-refractivity contribution in [2.24, 2.45) is 0 Å². The van der Waals surface area contributed by atoms with Crippen molar-refractivity contribution in [3.05, 3.63) is 59.9 Å². The van der Waals surface area contributed by atoms with Gasteiger partial charge in [0.1, 0.15) is 5.75 Å². The van der Waals surface area contributed by atoms with Crippen LogP contribution in [0, 0.1) is 0 Å². The SMILES string of the molecule is CCOc1cccc(CNCCc2ccncc2)c1. The number of ether oxygens (including phenoxy) is 1. The van der Waals surface area contributed by atoms with E-state index in [0.29, 0.717) is 6.61 Å². The van der Waals surface area contributed by atoms with Crippen LogP contribution in [-0.2, 0) is 13.0 Å². The molecule has 0 aliphatic rings. The van der Waals surface area contributed by atoms with E-state index < -0.39 is 0 Å². The molecular formula is C16H20N2O. The molecule has 3 nitrogen and oxygen atoms in total. The Morgan fingerprint density at radius 2 is 1.95 bits per heavy atom. The minimum absolute atomic E-state index is 0.707. The summed E-state index contributed by atoms with van der Waals surface area (Å²) in [5.74, 6) is 0.941. The molecule has 0 fully saturated rings. The van der Waals surface area contributed by atoms with Crippen LogP contribution in [0.2, 0.25) is 0 Å². The van der Waals surface area contributed by atoms with E-state index in [1.54, 1.807) is 0 Å². The highest BCUT2D eigenvalue weighted by Crippen LogP contribution is 2.12. The van der Waals surface area contributed by atoms with Crippen LogP contribution < -0.4 is 10.1 Å². The molecule has 1 aromatic heterocycles. The highest BCUT2D eigenvalue weighted by molar-refractivity contribution is 5.28. The van der Waals surface area contributed by atoms with Gasteiger partial charge in [-0.25, -0.2) is 0 Å². The monoisotopic (exact) mass is 256 g/mol. The molecule has 0 aliphatic heterocycles. The minimum atomic E-state index is 0.707. The van der Waals surface area contributed by atoms with Crippen LogP contribution in [-0.4, -0.2) is 18.1 Å². The Kier molecular flexibility index (Phi) is 5.38. The first kappa shape index (κ1) is 13.6. The number of pyridine rings is 1. The molecule has 100 valence electrons. The maximum absolute atomic E-state index is 5.49. The van der Waals surface area contributed by atoms with Gasteiger partial charge in [0.25, 0.3) is 0 Å². The molecule has 1 N–H and O–H groups in total. The van der Waals surface area contributed by atoms with Crippen molar-refractivity contribution >= 4 is 0 Å². The molecule has 0 spiro atoms. The summed E-state index contributed by atoms with van der Waals surface area (Å²) < 4.78 is 5.49. The fraction of sp³-hybridized carbons (Fsp3) is 0.312. The lowest BCUT2D eigenvalue weighted by molar-refractivity contribution is 0.340. The van der Waals surface area contributed by atoms with E-state index in [9.17, 15) is 0 Å². The van der Waals surface area contributed by atoms with Gasteiger partial charge < -0.3 is 10.1 Å². The first-order valence-electron chi connectivity index (χ1n) is 6.70. The normalized spacial score (nSPS) is 10.4. The predicted octanol–water partition coefficient (Wildman–Crippen LogP) is 2.81. The maximum atomic E-state index is 5.49. The van der Waals surface area contributed by atoms with Gasteiger partial charge in [0.15, 0.2) is 0 Å². The topological polar surface area (TPSA) is 34.1 Å². The van der Waals surface area contributed by atoms with E-state index in [4.69, 9.17) is 4.74 Å². The molecular weight excluding hydrogens is 236 g/mol. The smallest absolute Gasteiger partial charge is 0.119 e. The Balaban J connectivity index is 1.75. The zero-order valence-electron chi connectivity index (χ0n) is 11.3. The Hall–Kier alpha value is -1.87. The van der Waals surface area contributed by atoms with Crippen LogP contribution >= 0.6 is 0 Å². The Morgan fingerprint density at radius 3 is 2.74 bits per heavy atom. The third kappa shape index (κ3) is 4.72. The summed E-state index contributed by atoms with van der Waals surface area (Å²) in [5, 5.41) is 3.44. The van der Waals surface area contributed by atoms with Gasteiger partial charge in [0.2, 0.25) is 0 Å². The molecule has 0 saturated heterocycles. The molecule has 0 atom stereocenters. The van der Waals surface area contributed by atoms with Gasteiger partial charge >= 0.3 is 0 Å². The van der Waals surface area contributed by atoms with Crippen LogP contribution in [0.15, 0.2) is 48.8 Å². The summed E-state index contributed by atoms with van der Waals surface area (Å²) in [6.07, 6.45) is 4.69. The second-order valence-electron chi connectivity index (χ2n) is 4.36. The van der Waals surface area contributed by atoms with Gasteiger partial charge in [-0.05, 0) is 55.3 Å². The van der Waals surface area contributed by atoms with Crippen LogP contribution in [0.4, 0.5) is 0 Å². The van der Waals surface area contributed by atoms with Crippen LogP contribution in [0.1, 0.15) is 18.1 Å². The van der Waals surface area contributed by atoms with Crippen molar-refractivity contribution in [3.8, 4) is 5.75 Å². The number of nitrogens with one attached hydrogen (secondary N) is 1. The summed E-state index contributed by atoms with van der Waals surface area (Å²) in [5.41, 5.74) is 2.56. The molecule has 1 aromatic carbocycles. The van der Waals surface area contributed by atoms with Gasteiger partial charge in [-0.1, -0.05) is 12.1 Å². The van der Waals surface area contributed by atoms with Crippen molar-refractivity contribution in [2.75, 3.05) is 13.2 Å². The lowest BCUT2D eigenvalue weighted by Gasteiger charge is -2.07. The van der Waals surface area contributed by atoms with Crippen molar-refractivity contribution in [2.45, 2.75) is 19.9 Å². The molecule has 0 aliphatic carbocycles. The molecule has 2 rings (SSSR count). The van der Waals surface area contributed by atoms with E-state index in [1.807, 2.05) is 31.5 Å².